The third kappa shape index (κ3) is 4.57. The maximum Gasteiger partial charge on any atom is 0.282 e. The molecule has 32 heavy (non-hydrogen) atoms. The minimum Gasteiger partial charge on any atom is -0.379 e. The third-order valence-electron chi connectivity index (χ3n) is 6.29. The molecule has 3 aliphatic rings. The normalized spacial score (nSPS) is 24.7. The van der Waals surface area contributed by atoms with Crippen LogP contribution in [0.25, 0.3) is 0 Å². The van der Waals surface area contributed by atoms with E-state index in [9.17, 15) is 21.6 Å². The van der Waals surface area contributed by atoms with E-state index >= 15 is 0 Å². The molecule has 0 aromatic heterocycles. The Labute approximate surface area is 189 Å². The minimum atomic E-state index is -3.78. The minimum absolute atomic E-state index is 0.184. The fourth-order valence-corrected chi connectivity index (χ4v) is 7.62. The number of carbonyl (C=O) groups excluding carboxylic acids is 1. The summed E-state index contributed by atoms with van der Waals surface area (Å²) in [4.78, 5) is 15.0. The third-order valence-corrected chi connectivity index (χ3v) is 10.2. The maximum atomic E-state index is 13.2. The van der Waals surface area contributed by atoms with E-state index in [1.54, 1.807) is 29.2 Å². The van der Waals surface area contributed by atoms with Gasteiger partial charge < -0.3 is 9.64 Å². The van der Waals surface area contributed by atoms with Gasteiger partial charge in [-0.3, -0.25) is 4.79 Å². The zero-order chi connectivity index (χ0) is 22.9. The summed E-state index contributed by atoms with van der Waals surface area (Å²) in [7, 11) is -7.36. The predicted molar refractivity (Wildman–Crippen MR) is 118 cm³/mol. The van der Waals surface area contributed by atoms with Crippen molar-refractivity contribution in [1.82, 2.24) is 17.8 Å². The summed E-state index contributed by atoms with van der Waals surface area (Å²) in [5.41, 5.74) is 0.961. The van der Waals surface area contributed by atoms with E-state index in [4.69, 9.17) is 4.74 Å². The lowest BCUT2D eigenvalue weighted by atomic mass is 10.2. The van der Waals surface area contributed by atoms with Gasteiger partial charge in [-0.2, -0.15) is 21.3 Å². The Morgan fingerprint density at radius 3 is 2.09 bits per heavy atom. The first kappa shape index (κ1) is 23.6. The Kier molecular flexibility index (Phi) is 6.89. The first-order chi connectivity index (χ1) is 15.2. The van der Waals surface area contributed by atoms with Crippen LogP contribution in [0.4, 0.5) is 0 Å². The fraction of sp³-hybridized carbons (Fsp3) is 0.650. The number of carbonyl (C=O) groups is 1. The highest BCUT2D eigenvalue weighted by atomic mass is 32.2. The van der Waals surface area contributed by atoms with E-state index < -0.39 is 26.3 Å². The van der Waals surface area contributed by atoms with Gasteiger partial charge in [-0.25, -0.2) is 8.42 Å². The highest BCUT2D eigenvalue weighted by Gasteiger charge is 2.42. The number of hydrogen-bond acceptors (Lipinski definition) is 6. The van der Waals surface area contributed by atoms with E-state index in [0.717, 1.165) is 5.56 Å². The summed E-state index contributed by atoms with van der Waals surface area (Å²) < 4.78 is 61.3. The molecule has 0 radical (unpaired) electrons. The van der Waals surface area contributed by atoms with Crippen molar-refractivity contribution >= 4 is 26.1 Å². The molecule has 3 aliphatic heterocycles. The molecule has 12 heteroatoms. The molecule has 0 saturated carbocycles. The lowest BCUT2D eigenvalue weighted by Crippen LogP contribution is -2.58. The topological polar surface area (TPSA) is 108 Å². The molecule has 1 atom stereocenters. The summed E-state index contributed by atoms with van der Waals surface area (Å²) in [6.45, 7) is 4.50. The summed E-state index contributed by atoms with van der Waals surface area (Å²) in [6.07, 6.45) is 1.09. The Hall–Kier alpha value is -1.57. The van der Waals surface area contributed by atoms with Gasteiger partial charge in [0, 0.05) is 45.8 Å². The van der Waals surface area contributed by atoms with Gasteiger partial charge in [0.1, 0.15) is 6.04 Å². The average molecular weight is 487 g/mol. The van der Waals surface area contributed by atoms with Crippen LogP contribution in [-0.4, -0.2) is 106 Å². The van der Waals surface area contributed by atoms with Crippen molar-refractivity contribution in [3.05, 3.63) is 29.8 Å². The second kappa shape index (κ2) is 9.35. The number of amides is 1. The highest BCUT2D eigenvalue weighted by Crippen LogP contribution is 2.28. The molecule has 0 aliphatic carbocycles. The summed E-state index contributed by atoms with van der Waals surface area (Å²) in [5.74, 6) is -0.249. The van der Waals surface area contributed by atoms with Crippen LogP contribution in [0.3, 0.4) is 0 Å². The van der Waals surface area contributed by atoms with Crippen molar-refractivity contribution in [2.24, 2.45) is 0 Å². The Balaban J connectivity index is 1.42. The zero-order valence-corrected chi connectivity index (χ0v) is 19.9. The predicted octanol–water partition coefficient (Wildman–Crippen LogP) is -0.131. The number of piperazine rings is 1. The van der Waals surface area contributed by atoms with Crippen LogP contribution in [-0.2, 0) is 29.8 Å². The number of ether oxygens (including phenoxy) is 1. The van der Waals surface area contributed by atoms with E-state index in [0.29, 0.717) is 45.7 Å². The number of rotatable bonds is 5. The molecule has 1 aromatic carbocycles. The lowest BCUT2D eigenvalue weighted by Gasteiger charge is -2.39. The van der Waals surface area contributed by atoms with Gasteiger partial charge in [0.25, 0.3) is 10.2 Å². The van der Waals surface area contributed by atoms with Crippen molar-refractivity contribution in [1.29, 1.82) is 0 Å². The number of nitrogens with zero attached hydrogens (tertiary/aromatic N) is 4. The molecule has 1 amide bonds. The van der Waals surface area contributed by atoms with Crippen LogP contribution in [0.15, 0.2) is 29.2 Å². The molecule has 0 spiro atoms. The molecular formula is C20H30N4O6S2. The molecular weight excluding hydrogens is 456 g/mol. The quantitative estimate of drug-likeness (QED) is 0.574. The largest absolute Gasteiger partial charge is 0.379 e. The molecule has 1 aromatic rings. The first-order valence-electron chi connectivity index (χ1n) is 10.9. The monoisotopic (exact) mass is 486 g/mol. The lowest BCUT2D eigenvalue weighted by molar-refractivity contribution is -0.135. The molecule has 3 fully saturated rings. The van der Waals surface area contributed by atoms with E-state index in [1.807, 2.05) is 6.92 Å². The number of aryl methyl sites for hydroxylation is 1. The van der Waals surface area contributed by atoms with E-state index in [1.165, 1.54) is 12.9 Å². The fourth-order valence-electron chi connectivity index (χ4n) is 4.41. The van der Waals surface area contributed by atoms with Crippen molar-refractivity contribution in [3.8, 4) is 0 Å². The summed E-state index contributed by atoms with van der Waals surface area (Å²) in [6, 6.07) is 5.88. The Morgan fingerprint density at radius 1 is 0.875 bits per heavy atom. The number of sulfonamides is 1. The Bertz CT molecular complexity index is 1030. The molecule has 10 nitrogen and oxygen atoms in total. The number of morpholine rings is 1. The number of benzene rings is 1. The van der Waals surface area contributed by atoms with Gasteiger partial charge in [0.15, 0.2) is 0 Å². The molecule has 3 heterocycles. The molecule has 0 N–H and O–H groups in total. The van der Waals surface area contributed by atoms with E-state index in [-0.39, 0.29) is 37.0 Å². The molecule has 178 valence electrons. The number of hydrogen-bond donors (Lipinski definition) is 0. The van der Waals surface area contributed by atoms with Gasteiger partial charge in [-0.15, -0.1) is 0 Å². The van der Waals surface area contributed by atoms with Crippen LogP contribution in [0.5, 0.6) is 0 Å². The van der Waals surface area contributed by atoms with Crippen molar-refractivity contribution in [2.75, 3.05) is 59.0 Å². The van der Waals surface area contributed by atoms with Crippen LogP contribution < -0.4 is 0 Å². The average Bonchev–Trinajstić information content (AvgIpc) is 3.30. The summed E-state index contributed by atoms with van der Waals surface area (Å²) >= 11 is 0. The van der Waals surface area contributed by atoms with Crippen molar-refractivity contribution in [2.45, 2.75) is 30.7 Å². The summed E-state index contributed by atoms with van der Waals surface area (Å²) in [5, 5.41) is 0. The maximum absolute atomic E-state index is 13.2. The van der Waals surface area contributed by atoms with Crippen LogP contribution >= 0.6 is 0 Å². The standard InChI is InChI=1S/C20H30N4O6S2/c1-17-4-6-18(7-5-17)31(26,27)24-8-2-3-19(24)20(25)21-9-11-22(12-10-21)32(28,29)23-13-15-30-16-14-23/h4-7,19H,2-3,8-16H2,1H3/t19-/m0/s1. The smallest absolute Gasteiger partial charge is 0.282 e. The molecule has 3 saturated heterocycles. The Morgan fingerprint density at radius 2 is 1.47 bits per heavy atom. The highest BCUT2D eigenvalue weighted by molar-refractivity contribution is 7.89. The van der Waals surface area contributed by atoms with E-state index in [2.05, 4.69) is 0 Å². The van der Waals surface area contributed by atoms with Gasteiger partial charge in [-0.1, -0.05) is 17.7 Å². The van der Waals surface area contributed by atoms with Gasteiger partial charge in [0.2, 0.25) is 15.9 Å². The van der Waals surface area contributed by atoms with Crippen LogP contribution in [0.2, 0.25) is 0 Å². The second-order valence-corrected chi connectivity index (χ2v) is 12.1. The van der Waals surface area contributed by atoms with Crippen LogP contribution in [0, 0.1) is 6.92 Å². The molecule has 4 rings (SSSR count). The first-order valence-corrected chi connectivity index (χ1v) is 13.8. The zero-order valence-electron chi connectivity index (χ0n) is 18.2. The second-order valence-electron chi connectivity index (χ2n) is 8.33. The van der Waals surface area contributed by atoms with Gasteiger partial charge in [-0.05, 0) is 31.9 Å². The van der Waals surface area contributed by atoms with Crippen molar-refractivity contribution < 1.29 is 26.4 Å². The van der Waals surface area contributed by atoms with Crippen LogP contribution in [0.1, 0.15) is 18.4 Å². The SMILES string of the molecule is Cc1ccc(S(=O)(=O)N2CCC[C@H]2C(=O)N2CCN(S(=O)(=O)N3CCOCC3)CC2)cc1. The van der Waals surface area contributed by atoms with Crippen molar-refractivity contribution in [3.63, 3.8) is 0 Å². The van der Waals surface area contributed by atoms with Gasteiger partial charge >= 0.3 is 0 Å². The van der Waals surface area contributed by atoms with Gasteiger partial charge in [0.05, 0.1) is 18.1 Å². The molecule has 0 bridgehead atoms. The molecule has 0 unspecified atom stereocenters.